The normalized spacial score (nSPS) is 11.5. The maximum Gasteiger partial charge on any atom is 0.389 e. The molecule has 0 aromatic carbocycles. The third-order valence-corrected chi connectivity index (χ3v) is 4.02. The summed E-state index contributed by atoms with van der Waals surface area (Å²) >= 11 is 0. The van der Waals surface area contributed by atoms with Crippen LogP contribution in [0.2, 0.25) is 0 Å². The van der Waals surface area contributed by atoms with Gasteiger partial charge in [0.25, 0.3) is 5.91 Å². The van der Waals surface area contributed by atoms with Gasteiger partial charge in [0.05, 0.1) is 48.5 Å². The second-order valence-electron chi connectivity index (χ2n) is 6.56. The molecule has 9 nitrogen and oxygen atoms in total. The number of carbonyl (C=O) groups excluding carboxylic acids is 2. The Balaban J connectivity index is 1.56. The first kappa shape index (κ1) is 21.1. The summed E-state index contributed by atoms with van der Waals surface area (Å²) < 4.78 is 37.9. The number of aryl methyl sites for hydroxylation is 1. The predicted molar refractivity (Wildman–Crippen MR) is 98.1 cm³/mol. The second-order valence-corrected chi connectivity index (χ2v) is 6.56. The fourth-order valence-corrected chi connectivity index (χ4v) is 2.56. The zero-order valence-corrected chi connectivity index (χ0v) is 15.9. The van der Waals surface area contributed by atoms with Crippen molar-refractivity contribution >= 4 is 17.5 Å². The molecule has 0 atom stereocenters. The van der Waals surface area contributed by atoms with Crippen LogP contribution >= 0.6 is 0 Å². The van der Waals surface area contributed by atoms with Gasteiger partial charge < -0.3 is 10.6 Å². The molecule has 0 unspecified atom stereocenters. The monoisotopic (exact) mass is 421 g/mol. The van der Waals surface area contributed by atoms with E-state index in [1.54, 1.807) is 25.3 Å². The number of halogens is 3. The van der Waals surface area contributed by atoms with Crippen LogP contribution in [0.15, 0.2) is 30.7 Å². The lowest BCUT2D eigenvalue weighted by molar-refractivity contribution is -0.144. The Kier molecular flexibility index (Phi) is 6.23. The number of nitrogens with zero attached hydrogens (tertiary/aromatic N) is 5. The Morgan fingerprint density at radius 2 is 1.93 bits per heavy atom. The van der Waals surface area contributed by atoms with E-state index in [1.165, 1.54) is 16.9 Å². The molecule has 2 amide bonds. The van der Waals surface area contributed by atoms with Crippen LogP contribution < -0.4 is 10.6 Å². The zero-order chi connectivity index (χ0) is 21.7. The van der Waals surface area contributed by atoms with Crippen molar-refractivity contribution in [3.63, 3.8) is 0 Å². The topological polar surface area (TPSA) is 114 Å². The van der Waals surface area contributed by atoms with E-state index in [0.717, 1.165) is 0 Å². The number of imidazole rings is 1. The van der Waals surface area contributed by atoms with E-state index in [1.807, 2.05) is 0 Å². The zero-order valence-electron chi connectivity index (χ0n) is 15.9. The van der Waals surface area contributed by atoms with E-state index >= 15 is 0 Å². The summed E-state index contributed by atoms with van der Waals surface area (Å²) in [5, 5.41) is 16.8. The van der Waals surface area contributed by atoms with Crippen molar-refractivity contribution in [2.45, 2.75) is 39.0 Å². The van der Waals surface area contributed by atoms with Crippen molar-refractivity contribution in [3.8, 4) is 0 Å². The number of nitrogens with one attached hydrogen (secondary N) is 2. The summed E-state index contributed by atoms with van der Waals surface area (Å²) in [4.78, 5) is 28.0. The van der Waals surface area contributed by atoms with Crippen molar-refractivity contribution in [1.29, 1.82) is 0 Å². The molecule has 3 aromatic rings. The molecule has 0 spiro atoms. The third-order valence-electron chi connectivity index (χ3n) is 4.02. The van der Waals surface area contributed by atoms with E-state index in [-0.39, 0.29) is 19.0 Å². The third kappa shape index (κ3) is 5.96. The lowest BCUT2D eigenvalue weighted by Gasteiger charge is -2.07. The maximum atomic E-state index is 12.2. The summed E-state index contributed by atoms with van der Waals surface area (Å²) in [6.07, 6.45) is -1.68. The summed E-state index contributed by atoms with van der Waals surface area (Å²) in [5.41, 5.74) is 2.62. The molecule has 0 aliphatic carbocycles. The minimum atomic E-state index is -4.37. The van der Waals surface area contributed by atoms with Crippen molar-refractivity contribution < 1.29 is 22.8 Å². The average molecular weight is 421 g/mol. The Bertz CT molecular complexity index is 1070. The quantitative estimate of drug-likeness (QED) is 0.601. The van der Waals surface area contributed by atoms with Gasteiger partial charge in [-0.2, -0.15) is 28.5 Å². The number of fused-ring (bicyclic) bond motifs is 1. The largest absolute Gasteiger partial charge is 0.389 e. The maximum absolute atomic E-state index is 12.2. The number of hydrogen-bond donors (Lipinski definition) is 2. The molecule has 158 valence electrons. The molecule has 2 N–H and O–H groups in total. The van der Waals surface area contributed by atoms with Crippen molar-refractivity contribution in [3.05, 3.63) is 53.2 Å². The second kappa shape index (κ2) is 8.84. The van der Waals surface area contributed by atoms with Gasteiger partial charge >= 0.3 is 6.18 Å². The van der Waals surface area contributed by atoms with Crippen LogP contribution in [0.5, 0.6) is 0 Å². The molecule has 0 aliphatic heterocycles. The number of rotatable bonds is 7. The van der Waals surface area contributed by atoms with Crippen LogP contribution in [-0.2, 0) is 17.9 Å². The lowest BCUT2D eigenvalue weighted by Crippen LogP contribution is -2.24. The van der Waals surface area contributed by atoms with Gasteiger partial charge in [-0.25, -0.2) is 9.50 Å². The average Bonchev–Trinajstić information content (AvgIpc) is 3.10. The molecular formula is C18H18F3N7O2. The van der Waals surface area contributed by atoms with Crippen molar-refractivity contribution in [1.82, 2.24) is 35.4 Å². The highest BCUT2D eigenvalue weighted by atomic mass is 19.4. The molecular weight excluding hydrogens is 403 g/mol. The molecule has 0 aliphatic rings. The van der Waals surface area contributed by atoms with E-state index in [0.29, 0.717) is 28.2 Å². The fraction of sp³-hybridized carbons (Fsp3) is 0.333. The van der Waals surface area contributed by atoms with E-state index in [9.17, 15) is 22.8 Å². The van der Waals surface area contributed by atoms with Gasteiger partial charge in [-0.1, -0.05) is 0 Å². The van der Waals surface area contributed by atoms with Crippen LogP contribution in [0, 0.1) is 6.92 Å². The minimum Gasteiger partial charge on any atom is -0.352 e. The van der Waals surface area contributed by atoms with Gasteiger partial charge in [0.1, 0.15) is 0 Å². The molecule has 0 saturated heterocycles. The minimum absolute atomic E-state index is 0.0352. The molecule has 0 radical (unpaired) electrons. The summed E-state index contributed by atoms with van der Waals surface area (Å²) in [6, 6.07) is 3.27. The number of aromatic nitrogens is 5. The molecule has 3 aromatic heterocycles. The van der Waals surface area contributed by atoms with Crippen molar-refractivity contribution in [2.24, 2.45) is 0 Å². The van der Waals surface area contributed by atoms with Gasteiger partial charge in [-0.05, 0) is 24.6 Å². The van der Waals surface area contributed by atoms with Crippen LogP contribution in [0.25, 0.3) is 5.65 Å². The van der Waals surface area contributed by atoms with Crippen LogP contribution in [0.1, 0.15) is 40.2 Å². The summed E-state index contributed by atoms with van der Waals surface area (Å²) in [7, 11) is 0. The van der Waals surface area contributed by atoms with E-state index in [2.05, 4.69) is 30.9 Å². The van der Waals surface area contributed by atoms with Gasteiger partial charge in [-0.15, -0.1) is 0 Å². The van der Waals surface area contributed by atoms with Crippen molar-refractivity contribution in [2.75, 3.05) is 0 Å². The Hall–Kier alpha value is -3.57. The van der Waals surface area contributed by atoms with Gasteiger partial charge in [0.15, 0.2) is 5.65 Å². The first-order chi connectivity index (χ1) is 14.2. The number of amides is 2. The highest BCUT2D eigenvalue weighted by molar-refractivity contribution is 5.93. The molecule has 3 rings (SSSR count). The number of hydrogen-bond acceptors (Lipinski definition) is 6. The van der Waals surface area contributed by atoms with Crippen LogP contribution in [-0.4, -0.2) is 42.8 Å². The van der Waals surface area contributed by atoms with E-state index in [4.69, 9.17) is 0 Å². The Morgan fingerprint density at radius 3 is 2.67 bits per heavy atom. The molecule has 0 fully saturated rings. The SMILES string of the molecule is Cc1cc(C(=O)NCc2cn3ncc(CNC(=O)CCC(F)(F)F)cc3n2)cnn1. The Morgan fingerprint density at radius 1 is 1.13 bits per heavy atom. The highest BCUT2D eigenvalue weighted by Crippen LogP contribution is 2.21. The summed E-state index contributed by atoms with van der Waals surface area (Å²) in [6.45, 7) is 1.93. The van der Waals surface area contributed by atoms with Crippen LogP contribution in [0.4, 0.5) is 13.2 Å². The summed E-state index contributed by atoms with van der Waals surface area (Å²) in [5.74, 6) is -1.01. The first-order valence-corrected chi connectivity index (χ1v) is 8.94. The predicted octanol–water partition coefficient (Wildman–Crippen LogP) is 1.72. The lowest BCUT2D eigenvalue weighted by atomic mass is 10.2. The highest BCUT2D eigenvalue weighted by Gasteiger charge is 2.27. The van der Waals surface area contributed by atoms with Gasteiger partial charge in [0.2, 0.25) is 5.91 Å². The molecule has 12 heteroatoms. The Labute approximate surface area is 168 Å². The fourth-order valence-electron chi connectivity index (χ4n) is 2.56. The number of carbonyl (C=O) groups is 2. The standard InChI is InChI=1S/C18H18F3N7O2/c1-11-4-13(8-24-27-11)17(30)23-9-14-10-28-15(26-14)5-12(7-25-28)6-22-16(29)2-3-18(19,20)21/h4-5,7-8,10H,2-3,6,9H2,1H3,(H,22,29)(H,23,30). The van der Waals surface area contributed by atoms with Gasteiger partial charge in [0, 0.05) is 13.0 Å². The smallest absolute Gasteiger partial charge is 0.352 e. The molecule has 30 heavy (non-hydrogen) atoms. The number of alkyl halides is 3. The van der Waals surface area contributed by atoms with E-state index < -0.39 is 24.9 Å². The molecule has 0 bridgehead atoms. The van der Waals surface area contributed by atoms with Crippen LogP contribution in [0.3, 0.4) is 0 Å². The first-order valence-electron chi connectivity index (χ1n) is 8.94. The molecule has 0 saturated carbocycles. The van der Waals surface area contributed by atoms with Gasteiger partial charge in [-0.3, -0.25) is 9.59 Å². The molecule has 3 heterocycles.